The quantitative estimate of drug-likeness (QED) is 0.901. The van der Waals surface area contributed by atoms with Crippen molar-refractivity contribution >= 4 is 0 Å². The summed E-state index contributed by atoms with van der Waals surface area (Å²) in [5.74, 6) is 0.621. The van der Waals surface area contributed by atoms with Crippen LogP contribution in [0.15, 0.2) is 6.07 Å². The van der Waals surface area contributed by atoms with Crippen molar-refractivity contribution in [3.8, 4) is 0 Å². The smallest absolute Gasteiger partial charge is 0.0942 e. The van der Waals surface area contributed by atoms with Crippen LogP contribution < -0.4 is 0 Å². The van der Waals surface area contributed by atoms with Crippen LogP contribution in [0.5, 0.6) is 0 Å². The number of aliphatic hydroxyl groups excluding tert-OH is 1. The van der Waals surface area contributed by atoms with Gasteiger partial charge in [-0.15, -0.1) is 0 Å². The first-order chi connectivity index (χ1) is 9.50. The molecule has 1 N–H and O–H groups in total. The molecule has 0 aromatic carbocycles. The van der Waals surface area contributed by atoms with E-state index in [1.807, 2.05) is 11.7 Å². The molecule has 1 saturated carbocycles. The SMILES string of the molecule is CCc1cc(CC(O)C2(OC)CCCC(C)C2)n(C)n1. The van der Waals surface area contributed by atoms with Crippen molar-refractivity contribution in [1.82, 2.24) is 9.78 Å². The molecule has 1 aromatic heterocycles. The highest BCUT2D eigenvalue weighted by Gasteiger charge is 2.41. The number of aryl methyl sites for hydroxylation is 2. The first-order valence-electron chi connectivity index (χ1n) is 7.75. The van der Waals surface area contributed by atoms with Crippen molar-refractivity contribution < 1.29 is 9.84 Å². The normalized spacial score (nSPS) is 28.6. The number of ether oxygens (including phenoxy) is 1. The Morgan fingerprint density at radius 2 is 2.35 bits per heavy atom. The molecule has 3 unspecified atom stereocenters. The zero-order valence-electron chi connectivity index (χ0n) is 13.2. The molecule has 0 radical (unpaired) electrons. The third kappa shape index (κ3) is 3.07. The summed E-state index contributed by atoms with van der Waals surface area (Å²) in [7, 11) is 3.69. The minimum absolute atomic E-state index is 0.381. The van der Waals surface area contributed by atoms with E-state index < -0.39 is 6.10 Å². The van der Waals surface area contributed by atoms with Crippen molar-refractivity contribution in [3.05, 3.63) is 17.5 Å². The molecule has 1 fully saturated rings. The first-order valence-corrected chi connectivity index (χ1v) is 7.75. The molecule has 3 atom stereocenters. The highest BCUT2D eigenvalue weighted by molar-refractivity contribution is 5.12. The van der Waals surface area contributed by atoms with Crippen LogP contribution in [0, 0.1) is 5.92 Å². The molecule has 1 aliphatic carbocycles. The Bertz CT molecular complexity index is 444. The van der Waals surface area contributed by atoms with Gasteiger partial charge in [-0.05, 0) is 31.2 Å². The van der Waals surface area contributed by atoms with Crippen molar-refractivity contribution in [2.75, 3.05) is 7.11 Å². The summed E-state index contributed by atoms with van der Waals surface area (Å²) >= 11 is 0. The molecule has 4 nitrogen and oxygen atoms in total. The van der Waals surface area contributed by atoms with Gasteiger partial charge in [-0.2, -0.15) is 5.10 Å². The Labute approximate surface area is 122 Å². The van der Waals surface area contributed by atoms with Gasteiger partial charge in [0.05, 0.1) is 17.4 Å². The summed E-state index contributed by atoms with van der Waals surface area (Å²) in [6.07, 6.45) is 5.36. The molecule has 0 aliphatic heterocycles. The average Bonchev–Trinajstić information content (AvgIpc) is 2.79. The van der Waals surface area contributed by atoms with E-state index in [4.69, 9.17) is 4.74 Å². The number of nitrogens with zero attached hydrogens (tertiary/aromatic N) is 2. The number of hydrogen-bond acceptors (Lipinski definition) is 3. The van der Waals surface area contributed by atoms with E-state index >= 15 is 0 Å². The Hall–Kier alpha value is -0.870. The van der Waals surface area contributed by atoms with Crippen LogP contribution in [-0.4, -0.2) is 33.7 Å². The average molecular weight is 280 g/mol. The molecular weight excluding hydrogens is 252 g/mol. The van der Waals surface area contributed by atoms with Gasteiger partial charge in [0, 0.05) is 26.3 Å². The van der Waals surface area contributed by atoms with Gasteiger partial charge in [-0.1, -0.05) is 26.7 Å². The van der Waals surface area contributed by atoms with Crippen LogP contribution in [0.3, 0.4) is 0 Å². The van der Waals surface area contributed by atoms with Gasteiger partial charge in [0.15, 0.2) is 0 Å². The Morgan fingerprint density at radius 3 is 2.90 bits per heavy atom. The van der Waals surface area contributed by atoms with Crippen LogP contribution in [0.25, 0.3) is 0 Å². The molecule has 114 valence electrons. The molecule has 4 heteroatoms. The van der Waals surface area contributed by atoms with Crippen LogP contribution in [0.2, 0.25) is 0 Å². The standard InChI is InChI=1S/C16H28N2O2/c1-5-13-9-14(18(3)17-13)10-15(19)16(20-4)8-6-7-12(2)11-16/h9,12,15,19H,5-8,10-11H2,1-4H3. The fourth-order valence-electron chi connectivity index (χ4n) is 3.49. The summed E-state index contributed by atoms with van der Waals surface area (Å²) < 4.78 is 7.66. The maximum atomic E-state index is 10.7. The first kappa shape index (κ1) is 15.5. The van der Waals surface area contributed by atoms with Crippen molar-refractivity contribution in [3.63, 3.8) is 0 Å². The van der Waals surface area contributed by atoms with Gasteiger partial charge in [0.2, 0.25) is 0 Å². The summed E-state index contributed by atoms with van der Waals surface area (Å²) in [5.41, 5.74) is 1.79. The largest absolute Gasteiger partial charge is 0.390 e. The highest BCUT2D eigenvalue weighted by Crippen LogP contribution is 2.38. The van der Waals surface area contributed by atoms with E-state index in [2.05, 4.69) is 25.0 Å². The lowest BCUT2D eigenvalue weighted by molar-refractivity contribution is -0.131. The second kappa shape index (κ2) is 6.27. The molecule has 0 bridgehead atoms. The van der Waals surface area contributed by atoms with Crippen LogP contribution >= 0.6 is 0 Å². The van der Waals surface area contributed by atoms with E-state index in [9.17, 15) is 5.11 Å². The van der Waals surface area contributed by atoms with Crippen molar-refractivity contribution in [1.29, 1.82) is 0 Å². The minimum atomic E-state index is -0.463. The number of hydrogen-bond donors (Lipinski definition) is 1. The van der Waals surface area contributed by atoms with E-state index in [1.165, 1.54) is 6.42 Å². The maximum absolute atomic E-state index is 10.7. The summed E-state index contributed by atoms with van der Waals surface area (Å²) in [5, 5.41) is 15.2. The van der Waals surface area contributed by atoms with Crippen LogP contribution in [0.1, 0.15) is 50.9 Å². The van der Waals surface area contributed by atoms with Crippen LogP contribution in [0.4, 0.5) is 0 Å². The van der Waals surface area contributed by atoms with Gasteiger partial charge in [0.1, 0.15) is 0 Å². The fourth-order valence-corrected chi connectivity index (χ4v) is 3.49. The third-order valence-electron chi connectivity index (χ3n) is 4.80. The second-order valence-electron chi connectivity index (χ2n) is 6.29. The third-order valence-corrected chi connectivity index (χ3v) is 4.80. The summed E-state index contributed by atoms with van der Waals surface area (Å²) in [6.45, 7) is 4.35. The molecule has 2 rings (SSSR count). The Balaban J connectivity index is 2.12. The van der Waals surface area contributed by atoms with Gasteiger partial charge in [-0.3, -0.25) is 4.68 Å². The van der Waals surface area contributed by atoms with Crippen molar-refractivity contribution in [2.24, 2.45) is 13.0 Å². The van der Waals surface area contributed by atoms with E-state index in [-0.39, 0.29) is 5.60 Å². The predicted octanol–water partition coefficient (Wildman–Crippen LogP) is 2.48. The van der Waals surface area contributed by atoms with Gasteiger partial charge in [0.25, 0.3) is 0 Å². The lowest BCUT2D eigenvalue weighted by atomic mass is 9.74. The number of rotatable bonds is 5. The number of methoxy groups -OCH3 is 1. The zero-order valence-corrected chi connectivity index (χ0v) is 13.2. The van der Waals surface area contributed by atoms with Gasteiger partial charge in [-0.25, -0.2) is 0 Å². The van der Waals surface area contributed by atoms with Gasteiger partial charge >= 0.3 is 0 Å². The second-order valence-corrected chi connectivity index (χ2v) is 6.29. The lowest BCUT2D eigenvalue weighted by Crippen LogP contribution is -2.48. The molecule has 1 heterocycles. The van der Waals surface area contributed by atoms with E-state index in [0.717, 1.165) is 37.1 Å². The molecule has 1 aromatic rings. The number of aromatic nitrogens is 2. The molecular formula is C16H28N2O2. The Morgan fingerprint density at radius 1 is 1.60 bits per heavy atom. The molecule has 0 saturated heterocycles. The fraction of sp³-hybridized carbons (Fsp3) is 0.812. The maximum Gasteiger partial charge on any atom is 0.0942 e. The monoisotopic (exact) mass is 280 g/mol. The number of aliphatic hydroxyl groups is 1. The molecule has 20 heavy (non-hydrogen) atoms. The van der Waals surface area contributed by atoms with Crippen LogP contribution in [-0.2, 0) is 24.6 Å². The van der Waals surface area contributed by atoms with Gasteiger partial charge < -0.3 is 9.84 Å². The summed E-state index contributed by atoms with van der Waals surface area (Å²) in [6, 6.07) is 2.10. The summed E-state index contributed by atoms with van der Waals surface area (Å²) in [4.78, 5) is 0. The lowest BCUT2D eigenvalue weighted by Gasteiger charge is -2.42. The Kier molecular flexibility index (Phi) is 4.86. The topological polar surface area (TPSA) is 47.3 Å². The van der Waals surface area contributed by atoms with E-state index in [0.29, 0.717) is 12.3 Å². The molecule has 0 spiro atoms. The predicted molar refractivity (Wildman–Crippen MR) is 79.7 cm³/mol. The minimum Gasteiger partial charge on any atom is -0.390 e. The van der Waals surface area contributed by atoms with Crippen molar-refractivity contribution in [2.45, 2.75) is 64.1 Å². The molecule has 1 aliphatic rings. The van der Waals surface area contributed by atoms with E-state index in [1.54, 1.807) is 7.11 Å². The highest BCUT2D eigenvalue weighted by atomic mass is 16.5. The zero-order chi connectivity index (χ0) is 14.8. The molecule has 0 amide bonds.